The summed E-state index contributed by atoms with van der Waals surface area (Å²) >= 11 is 0. The summed E-state index contributed by atoms with van der Waals surface area (Å²) in [5.41, 5.74) is 0. The molecule has 0 aromatic carbocycles. The second kappa shape index (κ2) is 3.16. The second-order valence-electron chi connectivity index (χ2n) is 3.10. The lowest BCUT2D eigenvalue weighted by atomic mass is 10.6. The van der Waals surface area contributed by atoms with Gasteiger partial charge in [-0.1, -0.05) is 0 Å². The summed E-state index contributed by atoms with van der Waals surface area (Å²) in [7, 11) is 0. The van der Waals surface area contributed by atoms with Gasteiger partial charge in [0.25, 0.3) is 0 Å². The number of rotatable bonds is 2. The molecule has 0 aliphatic carbocycles. The molecule has 2 rings (SSSR count). The zero-order valence-corrected chi connectivity index (χ0v) is 7.70. The summed E-state index contributed by atoms with van der Waals surface area (Å²) in [6.45, 7) is -0.0741. The van der Waals surface area contributed by atoms with E-state index in [4.69, 9.17) is 0 Å². The van der Waals surface area contributed by atoms with Crippen LogP contribution in [-0.4, -0.2) is 29.6 Å². The lowest BCUT2D eigenvalue weighted by molar-refractivity contribution is 0.320. The molecule has 0 amide bonds. The largest absolute Gasteiger partial charge is 0.494 e. The van der Waals surface area contributed by atoms with E-state index in [-0.39, 0.29) is 30.2 Å². The van der Waals surface area contributed by atoms with Gasteiger partial charge in [0.2, 0.25) is 0 Å². The van der Waals surface area contributed by atoms with Crippen molar-refractivity contribution in [2.45, 2.75) is 6.67 Å². The topological polar surface area (TPSA) is 90.8 Å². The van der Waals surface area contributed by atoms with Crippen molar-refractivity contribution in [1.82, 2.24) is 9.13 Å². The van der Waals surface area contributed by atoms with Crippen molar-refractivity contribution in [3.05, 3.63) is 24.3 Å². The lowest BCUT2D eigenvalue weighted by Crippen LogP contribution is -2.06. The SMILES string of the molecule is Oc1ccc(O)n1Cn1c(O)ccc1O. The minimum absolute atomic E-state index is 0.0741. The molecule has 6 heteroatoms. The minimum Gasteiger partial charge on any atom is -0.494 e. The smallest absolute Gasteiger partial charge is 0.195 e. The zero-order chi connectivity index (χ0) is 11.0. The third-order valence-corrected chi connectivity index (χ3v) is 2.15. The normalized spacial score (nSPS) is 10.7. The summed E-state index contributed by atoms with van der Waals surface area (Å²) in [6, 6.07) is 5.25. The van der Waals surface area contributed by atoms with Gasteiger partial charge in [-0.2, -0.15) is 0 Å². The van der Waals surface area contributed by atoms with Gasteiger partial charge in [0.05, 0.1) is 0 Å². The first kappa shape index (κ1) is 9.32. The maximum absolute atomic E-state index is 9.34. The first-order chi connectivity index (χ1) is 7.09. The Kier molecular flexibility index (Phi) is 1.96. The van der Waals surface area contributed by atoms with Crippen LogP contribution in [-0.2, 0) is 6.67 Å². The average molecular weight is 210 g/mol. The molecule has 0 radical (unpaired) electrons. The molecule has 0 fully saturated rings. The highest BCUT2D eigenvalue weighted by Crippen LogP contribution is 2.26. The van der Waals surface area contributed by atoms with Crippen molar-refractivity contribution in [1.29, 1.82) is 0 Å². The van der Waals surface area contributed by atoms with Crippen LogP contribution < -0.4 is 0 Å². The molecule has 0 spiro atoms. The van der Waals surface area contributed by atoms with E-state index < -0.39 is 0 Å². The molecule has 0 unspecified atom stereocenters. The number of aromatic hydroxyl groups is 4. The molecule has 0 atom stereocenters. The summed E-state index contributed by atoms with van der Waals surface area (Å²) < 4.78 is 2.25. The molecule has 0 bridgehead atoms. The van der Waals surface area contributed by atoms with Crippen LogP contribution >= 0.6 is 0 Å². The van der Waals surface area contributed by atoms with Gasteiger partial charge in [-0.05, 0) is 0 Å². The van der Waals surface area contributed by atoms with Crippen molar-refractivity contribution in [3.63, 3.8) is 0 Å². The lowest BCUT2D eigenvalue weighted by Gasteiger charge is -2.10. The first-order valence-electron chi connectivity index (χ1n) is 4.24. The predicted molar refractivity (Wildman–Crippen MR) is 50.9 cm³/mol. The van der Waals surface area contributed by atoms with Crippen molar-refractivity contribution < 1.29 is 20.4 Å². The Morgan fingerprint density at radius 3 is 1.20 bits per heavy atom. The van der Waals surface area contributed by atoms with Crippen LogP contribution in [0.4, 0.5) is 0 Å². The van der Waals surface area contributed by atoms with E-state index >= 15 is 0 Å². The molecule has 4 N–H and O–H groups in total. The summed E-state index contributed by atoms with van der Waals surface area (Å²) in [6.07, 6.45) is 0. The van der Waals surface area contributed by atoms with Crippen molar-refractivity contribution in [2.75, 3.05) is 0 Å². The fourth-order valence-corrected chi connectivity index (χ4v) is 1.32. The third kappa shape index (κ3) is 1.45. The molecule has 15 heavy (non-hydrogen) atoms. The number of hydrogen-bond acceptors (Lipinski definition) is 4. The molecule has 0 saturated heterocycles. The molecule has 2 heterocycles. The summed E-state index contributed by atoms with van der Waals surface area (Å²) in [5, 5.41) is 37.4. The Morgan fingerprint density at radius 2 is 0.933 bits per heavy atom. The molecule has 6 nitrogen and oxygen atoms in total. The van der Waals surface area contributed by atoms with Crippen LogP contribution in [0.5, 0.6) is 23.5 Å². The fourth-order valence-electron chi connectivity index (χ4n) is 1.32. The molecule has 0 saturated carbocycles. The highest BCUT2D eigenvalue weighted by molar-refractivity contribution is 5.27. The zero-order valence-electron chi connectivity index (χ0n) is 7.70. The maximum Gasteiger partial charge on any atom is 0.195 e. The average Bonchev–Trinajstić information content (AvgIpc) is 2.67. The Morgan fingerprint density at radius 1 is 0.667 bits per heavy atom. The molecular formula is C9H10N2O4. The Bertz CT molecular complexity index is 403. The molecule has 80 valence electrons. The Labute approximate surface area is 84.9 Å². The minimum atomic E-state index is -0.153. The number of hydrogen-bond donors (Lipinski definition) is 4. The van der Waals surface area contributed by atoms with Crippen molar-refractivity contribution in [2.24, 2.45) is 0 Å². The summed E-state index contributed by atoms with van der Waals surface area (Å²) in [4.78, 5) is 0. The quantitative estimate of drug-likeness (QED) is 0.584. The Balaban J connectivity index is 2.37. The molecule has 2 aromatic heterocycles. The van der Waals surface area contributed by atoms with Crippen LogP contribution in [0.25, 0.3) is 0 Å². The van der Waals surface area contributed by atoms with Gasteiger partial charge in [0, 0.05) is 24.3 Å². The standard InChI is InChI=1S/C9H10N2O4/c12-6-1-2-7(13)10(6)5-11-8(14)3-4-9(11)15/h1-4,12-15H,5H2. The van der Waals surface area contributed by atoms with E-state index in [1.165, 1.54) is 24.3 Å². The van der Waals surface area contributed by atoms with Crippen LogP contribution in [0.15, 0.2) is 24.3 Å². The van der Waals surface area contributed by atoms with Gasteiger partial charge in [-0.15, -0.1) is 0 Å². The van der Waals surface area contributed by atoms with E-state index in [0.717, 1.165) is 9.13 Å². The molecule has 0 aliphatic heterocycles. The third-order valence-electron chi connectivity index (χ3n) is 2.15. The molecular weight excluding hydrogens is 200 g/mol. The van der Waals surface area contributed by atoms with Gasteiger partial charge in [-0.3, -0.25) is 9.13 Å². The highest BCUT2D eigenvalue weighted by atomic mass is 16.3. The van der Waals surface area contributed by atoms with Crippen molar-refractivity contribution in [3.8, 4) is 23.5 Å². The van der Waals surface area contributed by atoms with Gasteiger partial charge in [0.15, 0.2) is 23.5 Å². The fraction of sp³-hybridized carbons (Fsp3) is 0.111. The van der Waals surface area contributed by atoms with Crippen LogP contribution in [0, 0.1) is 0 Å². The van der Waals surface area contributed by atoms with Crippen LogP contribution in [0.1, 0.15) is 0 Å². The van der Waals surface area contributed by atoms with Gasteiger partial charge in [0.1, 0.15) is 6.67 Å². The van der Waals surface area contributed by atoms with E-state index in [2.05, 4.69) is 0 Å². The predicted octanol–water partition coefficient (Wildman–Crippen LogP) is 0.618. The molecule has 2 aromatic rings. The summed E-state index contributed by atoms with van der Waals surface area (Å²) in [5.74, 6) is -0.611. The number of aromatic nitrogens is 2. The van der Waals surface area contributed by atoms with Gasteiger partial charge < -0.3 is 20.4 Å². The second-order valence-corrected chi connectivity index (χ2v) is 3.10. The first-order valence-corrected chi connectivity index (χ1v) is 4.24. The van der Waals surface area contributed by atoms with Gasteiger partial charge in [-0.25, -0.2) is 0 Å². The van der Waals surface area contributed by atoms with E-state index in [0.29, 0.717) is 0 Å². The van der Waals surface area contributed by atoms with Crippen molar-refractivity contribution >= 4 is 0 Å². The maximum atomic E-state index is 9.34. The van der Waals surface area contributed by atoms with E-state index in [9.17, 15) is 20.4 Å². The number of nitrogens with zero attached hydrogens (tertiary/aromatic N) is 2. The molecule has 0 aliphatic rings. The monoisotopic (exact) mass is 210 g/mol. The Hall–Kier alpha value is -2.24. The van der Waals surface area contributed by atoms with Crippen LogP contribution in [0.3, 0.4) is 0 Å². The van der Waals surface area contributed by atoms with E-state index in [1.807, 2.05) is 0 Å². The highest BCUT2D eigenvalue weighted by Gasteiger charge is 2.10. The van der Waals surface area contributed by atoms with Crippen LogP contribution in [0.2, 0.25) is 0 Å². The van der Waals surface area contributed by atoms with E-state index in [1.54, 1.807) is 0 Å². The van der Waals surface area contributed by atoms with Gasteiger partial charge >= 0.3 is 0 Å².